The number of halogens is 2. The molecule has 8 rings (SSSR count). The first-order valence-electron chi connectivity index (χ1n) is 14.0. The van der Waals surface area contributed by atoms with E-state index in [9.17, 15) is 0 Å². The molecule has 0 saturated heterocycles. The highest BCUT2D eigenvalue weighted by atomic mass is 35.5. The molecular weight excluding hydrogens is 523 g/mol. The highest BCUT2D eigenvalue weighted by Gasteiger charge is 2.42. The van der Waals surface area contributed by atoms with Crippen molar-refractivity contribution in [2.45, 2.75) is 39.0 Å². The second kappa shape index (κ2) is 10.3. The van der Waals surface area contributed by atoms with Crippen molar-refractivity contribution in [2.24, 2.45) is 23.7 Å². The molecule has 2 atom stereocenters. The summed E-state index contributed by atoms with van der Waals surface area (Å²) in [5.74, 6) is 2.47. The summed E-state index contributed by atoms with van der Waals surface area (Å²) in [5.41, 5.74) is 3.15. The van der Waals surface area contributed by atoms with Crippen molar-refractivity contribution in [1.82, 2.24) is 25.1 Å². The summed E-state index contributed by atoms with van der Waals surface area (Å²) in [4.78, 5) is 15.9. The van der Waals surface area contributed by atoms with Gasteiger partial charge in [-0.25, -0.2) is 19.3 Å². The lowest BCUT2D eigenvalue weighted by atomic mass is 9.58. The van der Waals surface area contributed by atoms with Crippen LogP contribution >= 0.6 is 11.6 Å². The minimum atomic E-state index is -0.384. The van der Waals surface area contributed by atoms with Gasteiger partial charge in [-0.15, -0.1) is 0 Å². The Morgan fingerprint density at radius 2 is 1.57 bits per heavy atom. The first-order valence-corrected chi connectivity index (χ1v) is 14.4. The lowest BCUT2D eigenvalue weighted by Gasteiger charge is -2.47. The van der Waals surface area contributed by atoms with Crippen LogP contribution < -0.4 is 4.90 Å². The van der Waals surface area contributed by atoms with E-state index in [-0.39, 0.29) is 11.6 Å². The molecule has 8 heteroatoms. The maximum Gasteiger partial charge on any atom is 0.187 e. The fourth-order valence-corrected chi connectivity index (χ4v) is 7.08. The van der Waals surface area contributed by atoms with E-state index in [1.165, 1.54) is 25.7 Å². The predicted octanol–water partition coefficient (Wildman–Crippen LogP) is 8.29. The number of aromatic nitrogens is 5. The number of nitrogens with zero attached hydrogens (tertiary/aromatic N) is 5. The van der Waals surface area contributed by atoms with Gasteiger partial charge < -0.3 is 0 Å². The first-order chi connectivity index (χ1) is 19.6. The molecule has 40 heavy (non-hydrogen) atoms. The second-order valence-corrected chi connectivity index (χ2v) is 11.6. The zero-order valence-corrected chi connectivity index (χ0v) is 23.0. The van der Waals surface area contributed by atoms with Crippen molar-refractivity contribution in [1.29, 1.82) is 0 Å². The van der Waals surface area contributed by atoms with Gasteiger partial charge in [-0.3, -0.25) is 10.00 Å². The van der Waals surface area contributed by atoms with Gasteiger partial charge in [0.1, 0.15) is 5.69 Å². The van der Waals surface area contributed by atoms with Gasteiger partial charge in [0.05, 0.1) is 16.1 Å². The van der Waals surface area contributed by atoms with Crippen LogP contribution in [-0.4, -0.2) is 25.1 Å². The Morgan fingerprint density at radius 1 is 0.925 bits per heavy atom. The molecule has 3 aromatic heterocycles. The van der Waals surface area contributed by atoms with E-state index in [1.807, 2.05) is 65.6 Å². The number of hydrogen-bond acceptors (Lipinski definition) is 5. The van der Waals surface area contributed by atoms with E-state index in [1.54, 1.807) is 12.3 Å². The van der Waals surface area contributed by atoms with Crippen LogP contribution in [0.2, 0.25) is 5.02 Å². The van der Waals surface area contributed by atoms with Crippen LogP contribution in [-0.2, 0) is 6.42 Å². The maximum atomic E-state index is 16.8. The fraction of sp³-hybridized carbons (Fsp3) is 0.312. The van der Waals surface area contributed by atoms with E-state index in [4.69, 9.17) is 21.6 Å². The zero-order valence-electron chi connectivity index (χ0n) is 22.3. The van der Waals surface area contributed by atoms with Gasteiger partial charge in [0.25, 0.3) is 0 Å². The molecule has 3 aliphatic carbocycles. The highest BCUT2D eigenvalue weighted by molar-refractivity contribution is 6.31. The molecule has 0 radical (unpaired) electrons. The summed E-state index contributed by atoms with van der Waals surface area (Å²) in [6.45, 7) is 2.35. The number of pyridine rings is 1. The molecule has 5 aromatic rings. The summed E-state index contributed by atoms with van der Waals surface area (Å²) >= 11 is 6.30. The molecule has 0 aliphatic heterocycles. The van der Waals surface area contributed by atoms with E-state index in [0.29, 0.717) is 63.4 Å². The van der Waals surface area contributed by atoms with Crippen LogP contribution in [0.4, 0.5) is 21.6 Å². The summed E-state index contributed by atoms with van der Waals surface area (Å²) in [6.07, 6.45) is 7.16. The normalized spacial score (nSPS) is 22.1. The summed E-state index contributed by atoms with van der Waals surface area (Å²) in [7, 11) is 0. The summed E-state index contributed by atoms with van der Waals surface area (Å²) in [5, 5.41) is 8.59. The van der Waals surface area contributed by atoms with Gasteiger partial charge in [-0.05, 0) is 86.1 Å². The van der Waals surface area contributed by atoms with Gasteiger partial charge >= 0.3 is 0 Å². The topological polar surface area (TPSA) is 70.6 Å². The van der Waals surface area contributed by atoms with E-state index in [0.717, 1.165) is 11.4 Å². The van der Waals surface area contributed by atoms with Crippen molar-refractivity contribution >= 4 is 39.8 Å². The monoisotopic (exact) mass is 552 g/mol. The van der Waals surface area contributed by atoms with Crippen LogP contribution in [0.1, 0.15) is 38.3 Å². The number of anilines is 3. The maximum absolute atomic E-state index is 16.8. The Morgan fingerprint density at radius 3 is 2.23 bits per heavy atom. The third-order valence-electron chi connectivity index (χ3n) is 9.01. The smallest absolute Gasteiger partial charge is 0.187 e. The third-order valence-corrected chi connectivity index (χ3v) is 9.22. The van der Waals surface area contributed by atoms with Gasteiger partial charge in [-0.1, -0.05) is 54.9 Å². The molecule has 3 saturated carbocycles. The molecular formula is C32H30ClFN6. The van der Waals surface area contributed by atoms with Crippen molar-refractivity contribution in [3.63, 3.8) is 0 Å². The fourth-order valence-electron chi connectivity index (χ4n) is 6.92. The SMILES string of the molecule is CC1C2CCC(CC2)C1Cc1nc(-c2[nH]nc3ncc(Cl)cc23)nc(N(c2ccccc2)c2ccccc2)c1F. The molecule has 2 bridgehead atoms. The standard InChI is InChI=1S/C32H30ClFN6/c1-19-20-12-14-21(15-13-20)25(19)17-27-28(34)32(40(23-8-4-2-5-9-23)24-10-6-3-7-11-24)37-31(36-27)29-26-16-22(33)18-35-30(26)39-38-29/h2-11,16,18-21,25H,12-15,17H2,1H3,(H,35,38,39). The number of H-pyrrole nitrogens is 1. The van der Waals surface area contributed by atoms with E-state index < -0.39 is 0 Å². The van der Waals surface area contributed by atoms with Gasteiger partial charge in [0.15, 0.2) is 23.1 Å². The van der Waals surface area contributed by atoms with Crippen molar-refractivity contribution < 1.29 is 4.39 Å². The number of benzene rings is 2. The lowest BCUT2D eigenvalue weighted by molar-refractivity contribution is 0.0334. The third kappa shape index (κ3) is 4.42. The van der Waals surface area contributed by atoms with Crippen molar-refractivity contribution in [2.75, 3.05) is 4.90 Å². The Kier molecular flexibility index (Phi) is 6.47. The van der Waals surface area contributed by atoms with Crippen LogP contribution in [0.25, 0.3) is 22.6 Å². The molecule has 6 nitrogen and oxygen atoms in total. The molecule has 3 aliphatic rings. The molecule has 2 unspecified atom stereocenters. The molecule has 3 heterocycles. The van der Waals surface area contributed by atoms with Gasteiger partial charge in [0, 0.05) is 17.6 Å². The van der Waals surface area contributed by atoms with Crippen LogP contribution in [0.5, 0.6) is 0 Å². The number of nitrogens with one attached hydrogen (secondary N) is 1. The first kappa shape index (κ1) is 25.1. The molecule has 0 spiro atoms. The Labute approximate surface area is 237 Å². The summed E-state index contributed by atoms with van der Waals surface area (Å²) in [6, 6.07) is 21.3. The lowest BCUT2D eigenvalue weighted by Crippen LogP contribution is -2.39. The largest absolute Gasteiger partial charge is 0.292 e. The number of fused-ring (bicyclic) bond motifs is 4. The molecule has 202 valence electrons. The number of rotatable bonds is 6. The average molecular weight is 553 g/mol. The Bertz CT molecular complexity index is 1610. The molecule has 2 aromatic carbocycles. The molecule has 3 fully saturated rings. The van der Waals surface area contributed by atoms with Crippen LogP contribution in [0, 0.1) is 29.5 Å². The van der Waals surface area contributed by atoms with E-state index >= 15 is 4.39 Å². The number of hydrogen-bond donors (Lipinski definition) is 1. The van der Waals surface area contributed by atoms with Gasteiger partial charge in [0.2, 0.25) is 0 Å². The number of aromatic amines is 1. The molecule has 0 amide bonds. The Hall–Kier alpha value is -3.84. The second-order valence-electron chi connectivity index (χ2n) is 11.2. The summed E-state index contributed by atoms with van der Waals surface area (Å²) < 4.78 is 16.8. The van der Waals surface area contributed by atoms with Crippen LogP contribution in [0.3, 0.4) is 0 Å². The predicted molar refractivity (Wildman–Crippen MR) is 156 cm³/mol. The van der Waals surface area contributed by atoms with Crippen molar-refractivity contribution in [3.8, 4) is 11.5 Å². The zero-order chi connectivity index (χ0) is 27.2. The van der Waals surface area contributed by atoms with Gasteiger partial charge in [-0.2, -0.15) is 5.10 Å². The van der Waals surface area contributed by atoms with E-state index in [2.05, 4.69) is 22.1 Å². The minimum Gasteiger partial charge on any atom is -0.292 e. The van der Waals surface area contributed by atoms with Crippen molar-refractivity contribution in [3.05, 3.63) is 89.5 Å². The average Bonchev–Trinajstić information content (AvgIpc) is 3.41. The number of para-hydroxylation sites is 2. The van der Waals surface area contributed by atoms with Crippen LogP contribution in [0.15, 0.2) is 72.9 Å². The minimum absolute atomic E-state index is 0.212. The molecule has 1 N–H and O–H groups in total. The highest BCUT2D eigenvalue weighted by Crippen LogP contribution is 2.50. The Balaban J connectivity index is 1.43. The quantitative estimate of drug-likeness (QED) is 0.229.